The molecule has 0 amide bonds. The summed E-state index contributed by atoms with van der Waals surface area (Å²) in [6.45, 7) is 0. The number of nitrogens with zero attached hydrogens (tertiary/aromatic N) is 4. The van der Waals surface area contributed by atoms with Crippen LogP contribution in [0, 0.1) is 11.3 Å². The molecule has 0 saturated carbocycles. The van der Waals surface area contributed by atoms with E-state index in [1.165, 1.54) is 21.5 Å². The maximum Gasteiger partial charge on any atom is 0.0998 e. The predicted octanol–water partition coefficient (Wildman–Crippen LogP) is 10.5. The van der Waals surface area contributed by atoms with Crippen LogP contribution in [0.4, 0.5) is 0 Å². The topological polar surface area (TPSA) is 46.5 Å². The van der Waals surface area contributed by atoms with Crippen molar-refractivity contribution in [2.75, 3.05) is 0 Å². The summed E-state index contributed by atoms with van der Waals surface area (Å²) in [4.78, 5) is 5.15. The average molecular weight is 587 g/mol. The Labute approximate surface area is 265 Å². The van der Waals surface area contributed by atoms with E-state index >= 15 is 0 Å². The van der Waals surface area contributed by atoms with Crippen LogP contribution < -0.4 is 0 Å². The number of benzene rings is 6. The predicted molar refractivity (Wildman–Crippen MR) is 189 cm³/mol. The smallest absolute Gasteiger partial charge is 0.0998 e. The number of aromatic nitrogens is 3. The summed E-state index contributed by atoms with van der Waals surface area (Å²) in [6, 6.07) is 57.2. The second kappa shape index (κ2) is 10.3. The van der Waals surface area contributed by atoms with Crippen LogP contribution in [0.2, 0.25) is 0 Å². The summed E-state index contributed by atoms with van der Waals surface area (Å²) in [5, 5.41) is 14.7. The summed E-state index contributed by atoms with van der Waals surface area (Å²) in [6.07, 6.45) is 0. The molecule has 6 aromatic carbocycles. The van der Waals surface area contributed by atoms with Crippen molar-refractivity contribution < 1.29 is 0 Å². The molecule has 9 rings (SSSR count). The number of hydrogen-bond donors (Lipinski definition) is 0. The molecule has 0 saturated heterocycles. The van der Waals surface area contributed by atoms with Crippen LogP contribution in [0.3, 0.4) is 0 Å². The third-order valence-electron chi connectivity index (χ3n) is 8.95. The van der Waals surface area contributed by atoms with Gasteiger partial charge in [0.2, 0.25) is 0 Å². The fourth-order valence-electron chi connectivity index (χ4n) is 6.95. The monoisotopic (exact) mass is 586 g/mol. The van der Waals surface area contributed by atoms with Gasteiger partial charge in [-0.25, -0.2) is 4.98 Å². The van der Waals surface area contributed by atoms with Gasteiger partial charge in [0, 0.05) is 44.0 Å². The van der Waals surface area contributed by atoms with E-state index in [9.17, 15) is 5.26 Å². The number of nitriles is 1. The van der Waals surface area contributed by atoms with Gasteiger partial charge in [-0.2, -0.15) is 5.26 Å². The summed E-state index contributed by atoms with van der Waals surface area (Å²) in [5.41, 5.74) is 10.8. The van der Waals surface area contributed by atoms with Gasteiger partial charge in [0.1, 0.15) is 0 Å². The Bertz CT molecular complexity index is 2430. The third kappa shape index (κ3) is 3.96. The van der Waals surface area contributed by atoms with Gasteiger partial charge >= 0.3 is 0 Å². The van der Waals surface area contributed by atoms with E-state index in [0.717, 1.165) is 56.0 Å². The lowest BCUT2D eigenvalue weighted by molar-refractivity contribution is 1.13. The van der Waals surface area contributed by atoms with Crippen LogP contribution in [-0.4, -0.2) is 14.1 Å². The highest BCUT2D eigenvalue weighted by atomic mass is 15.0. The summed E-state index contributed by atoms with van der Waals surface area (Å²) >= 11 is 0. The van der Waals surface area contributed by atoms with Crippen LogP contribution in [0.15, 0.2) is 158 Å². The zero-order valence-corrected chi connectivity index (χ0v) is 24.8. The third-order valence-corrected chi connectivity index (χ3v) is 8.95. The molecule has 0 atom stereocenters. The molecule has 0 unspecified atom stereocenters. The van der Waals surface area contributed by atoms with Crippen molar-refractivity contribution >= 4 is 43.6 Å². The lowest BCUT2D eigenvalue weighted by Crippen LogP contribution is -2.00. The van der Waals surface area contributed by atoms with Gasteiger partial charge in [-0.1, -0.05) is 97.1 Å². The SMILES string of the molecule is N#Cc1ccccc1-c1cccc(-c2cc(-n3c4ccccc4c4ccccc43)cc(-n3c4ccccc4c4ccccc43)c2)n1. The van der Waals surface area contributed by atoms with Gasteiger partial charge in [0.05, 0.1) is 45.1 Å². The zero-order chi connectivity index (χ0) is 30.6. The second-order valence-corrected chi connectivity index (χ2v) is 11.5. The Kier molecular flexibility index (Phi) is 5.84. The summed E-state index contributed by atoms with van der Waals surface area (Å²) in [5.74, 6) is 0. The normalized spacial score (nSPS) is 11.5. The van der Waals surface area contributed by atoms with E-state index in [1.54, 1.807) is 0 Å². The Morgan fingerprint density at radius 2 is 0.870 bits per heavy atom. The van der Waals surface area contributed by atoms with E-state index in [-0.39, 0.29) is 0 Å². The Balaban J connectivity index is 1.37. The Morgan fingerprint density at radius 1 is 0.435 bits per heavy atom. The molecule has 0 bridgehead atoms. The molecule has 0 spiro atoms. The molecule has 0 fully saturated rings. The quantitative estimate of drug-likeness (QED) is 0.206. The molecule has 0 radical (unpaired) electrons. The molecule has 0 aliphatic rings. The molecule has 4 heteroatoms. The molecule has 4 nitrogen and oxygen atoms in total. The first kappa shape index (κ1) is 26.0. The van der Waals surface area contributed by atoms with Crippen LogP contribution in [-0.2, 0) is 0 Å². The Hall–Kier alpha value is -6.44. The summed E-state index contributed by atoms with van der Waals surface area (Å²) < 4.78 is 4.72. The first-order valence-electron chi connectivity index (χ1n) is 15.4. The highest BCUT2D eigenvalue weighted by Crippen LogP contribution is 2.37. The second-order valence-electron chi connectivity index (χ2n) is 11.5. The van der Waals surface area contributed by atoms with Gasteiger partial charge < -0.3 is 9.13 Å². The van der Waals surface area contributed by atoms with Crippen molar-refractivity contribution in [2.45, 2.75) is 0 Å². The van der Waals surface area contributed by atoms with E-state index < -0.39 is 0 Å². The average Bonchev–Trinajstić information content (AvgIpc) is 3.65. The summed E-state index contributed by atoms with van der Waals surface area (Å²) in [7, 11) is 0. The van der Waals surface area contributed by atoms with Crippen LogP contribution in [0.1, 0.15) is 5.56 Å². The molecular weight excluding hydrogens is 560 g/mol. The van der Waals surface area contributed by atoms with E-state index in [2.05, 4.69) is 137 Å². The van der Waals surface area contributed by atoms with Crippen molar-refractivity contribution in [2.24, 2.45) is 0 Å². The maximum absolute atomic E-state index is 9.81. The van der Waals surface area contributed by atoms with Gasteiger partial charge in [0.25, 0.3) is 0 Å². The minimum absolute atomic E-state index is 0.608. The highest BCUT2D eigenvalue weighted by Gasteiger charge is 2.18. The van der Waals surface area contributed by atoms with Crippen molar-refractivity contribution in [3.8, 4) is 40.0 Å². The first-order valence-corrected chi connectivity index (χ1v) is 15.4. The molecule has 3 heterocycles. The molecule has 0 aliphatic heterocycles. The van der Waals surface area contributed by atoms with Crippen LogP contribution >= 0.6 is 0 Å². The van der Waals surface area contributed by atoms with E-state index in [0.29, 0.717) is 5.56 Å². The van der Waals surface area contributed by atoms with Crippen molar-refractivity contribution in [3.63, 3.8) is 0 Å². The highest BCUT2D eigenvalue weighted by molar-refractivity contribution is 6.10. The Morgan fingerprint density at radius 3 is 1.37 bits per heavy atom. The number of fused-ring (bicyclic) bond motifs is 6. The van der Waals surface area contributed by atoms with E-state index in [1.807, 2.05) is 36.4 Å². The van der Waals surface area contributed by atoms with Crippen LogP contribution in [0.25, 0.3) is 77.5 Å². The van der Waals surface area contributed by atoms with Gasteiger partial charge in [-0.3, -0.25) is 0 Å². The van der Waals surface area contributed by atoms with Gasteiger partial charge in [0.15, 0.2) is 0 Å². The lowest BCUT2D eigenvalue weighted by Gasteiger charge is -2.16. The molecule has 9 aromatic rings. The number of para-hydroxylation sites is 4. The molecule has 214 valence electrons. The largest absolute Gasteiger partial charge is 0.309 e. The molecule has 0 N–H and O–H groups in total. The van der Waals surface area contributed by atoms with Gasteiger partial charge in [-0.15, -0.1) is 0 Å². The molecule has 46 heavy (non-hydrogen) atoms. The molecule has 0 aliphatic carbocycles. The van der Waals surface area contributed by atoms with Crippen molar-refractivity contribution in [1.82, 2.24) is 14.1 Å². The zero-order valence-electron chi connectivity index (χ0n) is 24.8. The standard InChI is InChI=1S/C42H26N4/c43-27-28-12-1-2-13-32(28)38-19-11-18-37(44-38)29-24-30(45-39-20-7-3-14-33(39)34-15-4-8-21-40(34)45)26-31(25-29)46-41-22-9-5-16-35(41)36-17-6-10-23-42(36)46/h1-26H. The van der Waals surface area contributed by atoms with Gasteiger partial charge in [-0.05, 0) is 60.7 Å². The van der Waals surface area contributed by atoms with Crippen LogP contribution in [0.5, 0.6) is 0 Å². The first-order chi connectivity index (χ1) is 22.8. The van der Waals surface area contributed by atoms with E-state index in [4.69, 9.17) is 4.98 Å². The number of pyridine rings is 1. The minimum Gasteiger partial charge on any atom is -0.309 e. The fraction of sp³-hybridized carbons (Fsp3) is 0. The maximum atomic E-state index is 9.81. The van der Waals surface area contributed by atoms with Crippen molar-refractivity contribution in [3.05, 3.63) is 163 Å². The number of rotatable bonds is 4. The van der Waals surface area contributed by atoms with Crippen molar-refractivity contribution in [1.29, 1.82) is 5.26 Å². The number of hydrogen-bond acceptors (Lipinski definition) is 2. The lowest BCUT2D eigenvalue weighted by atomic mass is 10.0. The molecular formula is C42H26N4. The molecule has 3 aromatic heterocycles. The minimum atomic E-state index is 0.608. The fourth-order valence-corrected chi connectivity index (χ4v) is 6.95.